The number of aryl methyl sites for hydroxylation is 2. The van der Waals surface area contributed by atoms with E-state index in [4.69, 9.17) is 9.72 Å². The summed E-state index contributed by atoms with van der Waals surface area (Å²) in [5.74, 6) is 0.705. The minimum absolute atomic E-state index is 0.00385. The third-order valence-electron chi connectivity index (χ3n) is 4.75. The summed E-state index contributed by atoms with van der Waals surface area (Å²) in [6.07, 6.45) is 0. The molecule has 0 aliphatic rings. The minimum atomic E-state index is -0.370. The number of benzene rings is 1. The number of thiophene rings is 1. The molecule has 0 aliphatic carbocycles. The van der Waals surface area contributed by atoms with Gasteiger partial charge >= 0.3 is 0 Å². The van der Waals surface area contributed by atoms with Gasteiger partial charge in [-0.05, 0) is 64.4 Å². The number of fused-ring (bicyclic) bond motifs is 1. The van der Waals surface area contributed by atoms with Crippen LogP contribution in [0.1, 0.15) is 47.6 Å². The van der Waals surface area contributed by atoms with Crippen LogP contribution in [-0.4, -0.2) is 27.7 Å². The minimum Gasteiger partial charge on any atom is -0.497 e. The Morgan fingerprint density at radius 3 is 2.39 bits per heavy atom. The number of rotatable bonds is 6. The zero-order valence-corrected chi connectivity index (χ0v) is 18.5. The molecule has 0 fully saturated rings. The van der Waals surface area contributed by atoms with Crippen molar-refractivity contribution in [2.75, 3.05) is 7.11 Å². The van der Waals surface area contributed by atoms with Crippen molar-refractivity contribution in [3.8, 4) is 5.75 Å². The van der Waals surface area contributed by atoms with Crippen molar-refractivity contribution in [2.45, 2.75) is 51.1 Å². The van der Waals surface area contributed by atoms with Crippen molar-refractivity contribution >= 4 is 39.1 Å². The maximum Gasteiger partial charge on any atom is 0.263 e. The molecule has 3 rings (SSSR count). The molecule has 2 aromatic heterocycles. The van der Waals surface area contributed by atoms with Gasteiger partial charge in [0.2, 0.25) is 0 Å². The number of carbonyl (C=O) groups excluding carboxylic acids is 1. The molecule has 0 bridgehead atoms. The molecule has 5 nitrogen and oxygen atoms in total. The van der Waals surface area contributed by atoms with E-state index in [0.29, 0.717) is 21.9 Å². The number of methoxy groups -OCH3 is 1. The summed E-state index contributed by atoms with van der Waals surface area (Å²) in [6.45, 7) is 9.74. The van der Waals surface area contributed by atoms with Gasteiger partial charge < -0.3 is 4.74 Å². The number of ketones is 1. The summed E-state index contributed by atoms with van der Waals surface area (Å²) in [5, 5.41) is 0.905. The lowest BCUT2D eigenvalue weighted by Crippen LogP contribution is -2.26. The Balaban J connectivity index is 1.99. The van der Waals surface area contributed by atoms with Crippen molar-refractivity contribution < 1.29 is 9.53 Å². The lowest BCUT2D eigenvalue weighted by Gasteiger charge is -2.17. The summed E-state index contributed by atoms with van der Waals surface area (Å²) in [4.78, 5) is 32.6. The van der Waals surface area contributed by atoms with Gasteiger partial charge in [-0.25, -0.2) is 4.98 Å². The van der Waals surface area contributed by atoms with E-state index in [2.05, 4.69) is 0 Å². The highest BCUT2D eigenvalue weighted by Crippen LogP contribution is 2.31. The Morgan fingerprint density at radius 2 is 1.82 bits per heavy atom. The van der Waals surface area contributed by atoms with Crippen LogP contribution in [0.5, 0.6) is 5.75 Å². The number of nitrogens with zero attached hydrogens (tertiary/aromatic N) is 2. The van der Waals surface area contributed by atoms with E-state index in [1.165, 1.54) is 23.1 Å². The second kappa shape index (κ2) is 8.09. The largest absolute Gasteiger partial charge is 0.497 e. The van der Waals surface area contributed by atoms with Crippen molar-refractivity contribution in [1.82, 2.24) is 9.55 Å². The molecule has 0 spiro atoms. The van der Waals surface area contributed by atoms with E-state index in [-0.39, 0.29) is 22.6 Å². The molecule has 0 N–H and O–H groups in total. The first-order valence-corrected chi connectivity index (χ1v) is 10.8. The Morgan fingerprint density at radius 1 is 1.18 bits per heavy atom. The molecule has 1 atom stereocenters. The molecule has 2 heterocycles. The van der Waals surface area contributed by atoms with Crippen molar-refractivity contribution in [3.05, 3.63) is 50.6 Å². The third-order valence-corrected chi connectivity index (χ3v) is 6.91. The van der Waals surface area contributed by atoms with Gasteiger partial charge in [0.15, 0.2) is 10.9 Å². The van der Waals surface area contributed by atoms with Gasteiger partial charge in [0.25, 0.3) is 5.56 Å². The summed E-state index contributed by atoms with van der Waals surface area (Å²) in [5.41, 5.74) is 1.57. The first-order chi connectivity index (χ1) is 13.2. The van der Waals surface area contributed by atoms with E-state index in [9.17, 15) is 9.59 Å². The van der Waals surface area contributed by atoms with Gasteiger partial charge in [0.05, 0.1) is 17.7 Å². The highest BCUT2D eigenvalue weighted by Gasteiger charge is 2.23. The van der Waals surface area contributed by atoms with E-state index < -0.39 is 0 Å². The number of ether oxygens (including phenoxy) is 1. The summed E-state index contributed by atoms with van der Waals surface area (Å²) < 4.78 is 6.85. The molecule has 3 aromatic rings. The molecule has 0 saturated carbocycles. The molecule has 0 saturated heterocycles. The van der Waals surface area contributed by atoms with Gasteiger partial charge in [0, 0.05) is 16.5 Å². The summed E-state index contributed by atoms with van der Waals surface area (Å²) in [7, 11) is 1.59. The number of hydrogen-bond donors (Lipinski definition) is 0. The lowest BCUT2D eigenvalue weighted by molar-refractivity contribution is 0.0993. The fourth-order valence-corrected chi connectivity index (χ4v) is 5.22. The van der Waals surface area contributed by atoms with Crippen molar-refractivity contribution in [2.24, 2.45) is 0 Å². The van der Waals surface area contributed by atoms with Crippen LogP contribution in [0, 0.1) is 13.8 Å². The van der Waals surface area contributed by atoms with Crippen molar-refractivity contribution in [3.63, 3.8) is 0 Å². The standard InChI is InChI=1S/C21H24N2O3S2/c1-11(2)23-20(25)17-12(3)13(4)27-19(17)22-21(23)28-14(5)18(24)15-7-9-16(26-6)10-8-15/h7-11,14H,1-6H3/t14-/m1/s1. The summed E-state index contributed by atoms with van der Waals surface area (Å²) >= 11 is 2.86. The van der Waals surface area contributed by atoms with Crippen LogP contribution in [0.25, 0.3) is 10.2 Å². The number of carbonyl (C=O) groups is 1. The van der Waals surface area contributed by atoms with Crippen LogP contribution in [0.2, 0.25) is 0 Å². The predicted octanol–water partition coefficient (Wildman–Crippen LogP) is 5.03. The third kappa shape index (κ3) is 3.73. The smallest absolute Gasteiger partial charge is 0.263 e. The van der Waals surface area contributed by atoms with Crippen LogP contribution >= 0.6 is 23.1 Å². The molecule has 0 aliphatic heterocycles. The lowest BCUT2D eigenvalue weighted by atomic mass is 10.1. The average molecular weight is 417 g/mol. The molecule has 148 valence electrons. The maximum absolute atomic E-state index is 13.1. The monoisotopic (exact) mass is 416 g/mol. The van der Waals surface area contributed by atoms with Gasteiger partial charge in [-0.3, -0.25) is 14.2 Å². The zero-order chi connectivity index (χ0) is 20.6. The van der Waals surface area contributed by atoms with Crippen LogP contribution in [0.3, 0.4) is 0 Å². The van der Waals surface area contributed by atoms with Gasteiger partial charge in [-0.1, -0.05) is 11.8 Å². The summed E-state index contributed by atoms with van der Waals surface area (Å²) in [6, 6.07) is 7.02. The topological polar surface area (TPSA) is 61.2 Å². The Bertz CT molecular complexity index is 1080. The van der Waals surface area contributed by atoms with Crippen molar-refractivity contribution in [1.29, 1.82) is 0 Å². The Hall–Kier alpha value is -2.12. The number of thioether (sulfide) groups is 1. The first-order valence-electron chi connectivity index (χ1n) is 9.11. The Labute approximate surface area is 172 Å². The maximum atomic E-state index is 13.1. The fraction of sp³-hybridized carbons (Fsp3) is 0.381. The molecule has 0 unspecified atom stereocenters. The second-order valence-electron chi connectivity index (χ2n) is 6.98. The van der Waals surface area contributed by atoms with E-state index in [1.807, 2.05) is 34.6 Å². The molecule has 0 radical (unpaired) electrons. The second-order valence-corrected chi connectivity index (χ2v) is 9.49. The average Bonchev–Trinajstić information content (AvgIpc) is 2.94. The zero-order valence-electron chi connectivity index (χ0n) is 16.9. The van der Waals surface area contributed by atoms with Crippen LogP contribution in [-0.2, 0) is 0 Å². The quantitative estimate of drug-likeness (QED) is 0.320. The number of hydrogen-bond acceptors (Lipinski definition) is 6. The van der Waals surface area contributed by atoms with Gasteiger partial charge in [-0.15, -0.1) is 11.3 Å². The van der Waals surface area contributed by atoms with Crippen LogP contribution < -0.4 is 10.3 Å². The molecule has 28 heavy (non-hydrogen) atoms. The molecule has 1 aromatic carbocycles. The van der Waals surface area contributed by atoms with Gasteiger partial charge in [0.1, 0.15) is 10.6 Å². The molecular weight excluding hydrogens is 392 g/mol. The number of aromatic nitrogens is 2. The van der Waals surface area contributed by atoms with E-state index in [0.717, 1.165) is 15.3 Å². The SMILES string of the molecule is COc1ccc(C(=O)[C@@H](C)Sc2nc3sc(C)c(C)c3c(=O)n2C(C)C)cc1. The highest BCUT2D eigenvalue weighted by molar-refractivity contribution is 8.00. The fourth-order valence-electron chi connectivity index (χ4n) is 3.03. The predicted molar refractivity (Wildman–Crippen MR) is 116 cm³/mol. The highest BCUT2D eigenvalue weighted by atomic mass is 32.2. The first kappa shape index (κ1) is 20.6. The van der Waals surface area contributed by atoms with E-state index >= 15 is 0 Å². The number of Topliss-reactive ketones (excluding diaryl/α,β-unsaturated/α-hetero) is 1. The molecule has 7 heteroatoms. The van der Waals surface area contributed by atoms with E-state index in [1.54, 1.807) is 35.9 Å². The molecule has 0 amide bonds. The normalized spacial score (nSPS) is 12.5. The van der Waals surface area contributed by atoms with Gasteiger partial charge in [-0.2, -0.15) is 0 Å². The van der Waals surface area contributed by atoms with Crippen LogP contribution in [0.15, 0.2) is 34.2 Å². The van der Waals surface area contributed by atoms with Crippen LogP contribution in [0.4, 0.5) is 0 Å². The molecular formula is C21H24N2O3S2. The Kier molecular flexibility index (Phi) is 5.95.